The number of carbonyl (C=O) groups is 3. The number of ether oxygens (including phenoxy) is 3. The first-order chi connectivity index (χ1) is 37.0. The number of carbonyl (C=O) groups excluding carboxylic acids is 3. The highest BCUT2D eigenvalue weighted by Crippen LogP contribution is 2.18. The van der Waals surface area contributed by atoms with Crippen molar-refractivity contribution in [2.75, 3.05) is 13.2 Å². The Hall–Kier alpha value is -2.63. The van der Waals surface area contributed by atoms with E-state index in [1.165, 1.54) is 225 Å². The van der Waals surface area contributed by atoms with E-state index in [9.17, 15) is 14.4 Å². The molecule has 1 unspecified atom stereocenters. The molecule has 1 atom stereocenters. The summed E-state index contributed by atoms with van der Waals surface area (Å²) in [6.07, 6.45) is 79.8. The van der Waals surface area contributed by atoms with Gasteiger partial charge in [-0.3, -0.25) is 14.4 Å². The molecule has 0 saturated heterocycles. The summed E-state index contributed by atoms with van der Waals surface area (Å²) >= 11 is 0. The van der Waals surface area contributed by atoms with Crippen molar-refractivity contribution >= 4 is 17.9 Å². The first-order valence-electron chi connectivity index (χ1n) is 33.1. The van der Waals surface area contributed by atoms with Crippen LogP contribution in [0.3, 0.4) is 0 Å². The van der Waals surface area contributed by atoms with E-state index in [0.717, 1.165) is 89.9 Å². The molecule has 0 N–H and O–H groups in total. The molecule has 6 nitrogen and oxygen atoms in total. The minimum atomic E-state index is -0.775. The first kappa shape index (κ1) is 72.4. The molecule has 0 aliphatic heterocycles. The van der Waals surface area contributed by atoms with Crippen molar-refractivity contribution < 1.29 is 28.6 Å². The van der Waals surface area contributed by atoms with Gasteiger partial charge in [0.2, 0.25) is 0 Å². The van der Waals surface area contributed by atoms with Gasteiger partial charge in [-0.25, -0.2) is 0 Å². The van der Waals surface area contributed by atoms with E-state index in [2.05, 4.69) is 69.4 Å². The molecule has 0 saturated carbocycles. The third-order valence-corrected chi connectivity index (χ3v) is 14.8. The minimum absolute atomic E-state index is 0.0711. The zero-order valence-electron chi connectivity index (χ0n) is 50.3. The highest BCUT2D eigenvalue weighted by Gasteiger charge is 2.19. The molecule has 0 aliphatic carbocycles. The van der Waals surface area contributed by atoms with Gasteiger partial charge < -0.3 is 14.2 Å². The van der Waals surface area contributed by atoms with E-state index in [1.807, 2.05) is 0 Å². The van der Waals surface area contributed by atoms with Gasteiger partial charge in [0, 0.05) is 19.3 Å². The van der Waals surface area contributed by atoms with Crippen LogP contribution < -0.4 is 0 Å². The van der Waals surface area contributed by atoms with Gasteiger partial charge in [-0.05, 0) is 57.8 Å². The molecule has 0 bridgehead atoms. The van der Waals surface area contributed by atoms with Crippen LogP contribution in [0.2, 0.25) is 0 Å². The molecular weight excluding hydrogens is 925 g/mol. The van der Waals surface area contributed by atoms with Gasteiger partial charge in [-0.2, -0.15) is 0 Å². The van der Waals surface area contributed by atoms with Crippen LogP contribution in [-0.2, 0) is 28.6 Å². The van der Waals surface area contributed by atoms with E-state index in [-0.39, 0.29) is 31.1 Å². The van der Waals surface area contributed by atoms with Crippen molar-refractivity contribution in [3.05, 3.63) is 48.6 Å². The number of unbranched alkanes of at least 4 members (excludes halogenated alkanes) is 42. The average molecular weight is 1050 g/mol. The third-order valence-electron chi connectivity index (χ3n) is 14.8. The molecule has 75 heavy (non-hydrogen) atoms. The van der Waals surface area contributed by atoms with E-state index in [4.69, 9.17) is 14.2 Å². The van der Waals surface area contributed by atoms with Gasteiger partial charge in [0.05, 0.1) is 0 Å². The lowest BCUT2D eigenvalue weighted by atomic mass is 10.0. The van der Waals surface area contributed by atoms with Crippen molar-refractivity contribution in [2.45, 2.75) is 361 Å². The Balaban J connectivity index is 4.30. The average Bonchev–Trinajstić information content (AvgIpc) is 3.41. The first-order valence-corrected chi connectivity index (χ1v) is 33.1. The predicted octanol–water partition coefficient (Wildman–Crippen LogP) is 22.6. The maximum atomic E-state index is 12.9. The normalized spacial score (nSPS) is 12.3. The molecule has 0 heterocycles. The number of hydrogen-bond donors (Lipinski definition) is 0. The summed E-state index contributed by atoms with van der Waals surface area (Å²) in [6.45, 7) is 6.59. The smallest absolute Gasteiger partial charge is 0.306 e. The lowest BCUT2D eigenvalue weighted by Gasteiger charge is -2.18. The Kier molecular flexibility index (Phi) is 61.7. The standard InChI is InChI=1S/C69H126O6/c1-4-7-10-13-16-19-22-25-28-30-32-34-36-37-39-41-44-47-50-53-56-59-62-68(71)74-65-66(64-73-67(70)61-58-55-52-49-46-43-27-24-21-18-15-12-9-6-3)75-69(72)63-60-57-54-51-48-45-42-40-38-35-33-31-29-26-23-20-17-14-11-8-5-2/h8,11,17,20,26,29,33,35,66H,4-7,9-10,12-16,18-19,21-25,27-28,30-32,34,36-65H2,1-3H3/b11-8-,20-17-,29-26-,35-33-. The minimum Gasteiger partial charge on any atom is -0.462 e. The van der Waals surface area contributed by atoms with Crippen LogP contribution in [0.4, 0.5) is 0 Å². The number of hydrogen-bond acceptors (Lipinski definition) is 6. The second-order valence-electron chi connectivity index (χ2n) is 22.4. The summed E-state index contributed by atoms with van der Waals surface area (Å²) in [5.74, 6) is -0.854. The van der Waals surface area contributed by atoms with Crippen LogP contribution in [-0.4, -0.2) is 37.2 Å². The lowest BCUT2D eigenvalue weighted by Crippen LogP contribution is -2.30. The van der Waals surface area contributed by atoms with Crippen molar-refractivity contribution in [3.63, 3.8) is 0 Å². The van der Waals surface area contributed by atoms with Crippen LogP contribution in [0.1, 0.15) is 355 Å². The lowest BCUT2D eigenvalue weighted by molar-refractivity contribution is -0.167. The SMILES string of the molecule is CC/C=C\C/C=C\C/C=C\C/C=C\CCCCCCCCCCC(=O)OC(COC(=O)CCCCCCCCCCCCCCCC)COC(=O)CCCCCCCCCCCCCCCCCCCCCCCC. The topological polar surface area (TPSA) is 78.9 Å². The number of esters is 3. The molecule has 0 rings (SSSR count). The highest BCUT2D eigenvalue weighted by atomic mass is 16.6. The fourth-order valence-electron chi connectivity index (χ4n) is 9.91. The summed E-state index contributed by atoms with van der Waals surface area (Å²) in [4.78, 5) is 38.4. The maximum absolute atomic E-state index is 12.9. The Morgan fingerprint density at radius 1 is 0.280 bits per heavy atom. The van der Waals surface area contributed by atoms with Crippen LogP contribution in [0.5, 0.6) is 0 Å². The maximum Gasteiger partial charge on any atom is 0.306 e. The fraction of sp³-hybridized carbons (Fsp3) is 0.841. The Labute approximate surface area is 467 Å². The van der Waals surface area contributed by atoms with Crippen LogP contribution in [0, 0.1) is 0 Å². The molecule has 6 heteroatoms. The summed E-state index contributed by atoms with van der Waals surface area (Å²) in [5.41, 5.74) is 0. The molecular formula is C69H126O6. The zero-order chi connectivity index (χ0) is 54.3. The Morgan fingerprint density at radius 3 is 0.813 bits per heavy atom. The number of rotatable bonds is 61. The Morgan fingerprint density at radius 2 is 0.520 bits per heavy atom. The van der Waals surface area contributed by atoms with Gasteiger partial charge >= 0.3 is 17.9 Å². The van der Waals surface area contributed by atoms with E-state index < -0.39 is 6.10 Å². The Bertz CT molecular complexity index is 1300. The van der Waals surface area contributed by atoms with Gasteiger partial charge in [-0.15, -0.1) is 0 Å². The monoisotopic (exact) mass is 1050 g/mol. The molecule has 0 aliphatic rings. The predicted molar refractivity (Wildman–Crippen MR) is 325 cm³/mol. The van der Waals surface area contributed by atoms with Crippen molar-refractivity contribution in [1.29, 1.82) is 0 Å². The molecule has 0 radical (unpaired) electrons. The van der Waals surface area contributed by atoms with Crippen molar-refractivity contribution in [3.8, 4) is 0 Å². The second-order valence-corrected chi connectivity index (χ2v) is 22.4. The van der Waals surface area contributed by atoms with Gasteiger partial charge in [0.15, 0.2) is 6.10 Å². The highest BCUT2D eigenvalue weighted by molar-refractivity contribution is 5.71. The zero-order valence-corrected chi connectivity index (χ0v) is 50.3. The van der Waals surface area contributed by atoms with Crippen molar-refractivity contribution in [1.82, 2.24) is 0 Å². The fourth-order valence-corrected chi connectivity index (χ4v) is 9.91. The molecule has 0 aromatic heterocycles. The van der Waals surface area contributed by atoms with E-state index in [1.54, 1.807) is 0 Å². The van der Waals surface area contributed by atoms with Crippen LogP contribution in [0.25, 0.3) is 0 Å². The largest absolute Gasteiger partial charge is 0.462 e. The van der Waals surface area contributed by atoms with Gasteiger partial charge in [0.1, 0.15) is 13.2 Å². The quantitative estimate of drug-likeness (QED) is 0.0261. The molecule has 0 amide bonds. The number of allylic oxidation sites excluding steroid dienone is 8. The summed E-state index contributed by atoms with van der Waals surface area (Å²) < 4.78 is 17.0. The van der Waals surface area contributed by atoms with Gasteiger partial charge in [0.25, 0.3) is 0 Å². The second kappa shape index (κ2) is 63.9. The molecule has 0 aromatic rings. The van der Waals surface area contributed by atoms with E-state index in [0.29, 0.717) is 19.3 Å². The van der Waals surface area contributed by atoms with E-state index >= 15 is 0 Å². The van der Waals surface area contributed by atoms with Crippen LogP contribution >= 0.6 is 0 Å². The summed E-state index contributed by atoms with van der Waals surface area (Å²) in [6, 6.07) is 0. The van der Waals surface area contributed by atoms with Crippen LogP contribution in [0.15, 0.2) is 48.6 Å². The summed E-state index contributed by atoms with van der Waals surface area (Å²) in [5, 5.41) is 0. The third kappa shape index (κ3) is 62.1. The molecule has 0 spiro atoms. The molecule has 438 valence electrons. The van der Waals surface area contributed by atoms with Gasteiger partial charge in [-0.1, -0.05) is 326 Å². The molecule has 0 fully saturated rings. The molecule has 0 aromatic carbocycles. The summed E-state index contributed by atoms with van der Waals surface area (Å²) in [7, 11) is 0. The van der Waals surface area contributed by atoms with Crippen molar-refractivity contribution in [2.24, 2.45) is 0 Å².